The van der Waals surface area contributed by atoms with Crippen molar-refractivity contribution < 1.29 is 19.1 Å². The van der Waals surface area contributed by atoms with Gasteiger partial charge < -0.3 is 15.7 Å². The molecule has 1 aromatic rings. The molecule has 2 fully saturated rings. The van der Waals surface area contributed by atoms with Gasteiger partial charge in [0.05, 0.1) is 5.92 Å². The van der Waals surface area contributed by atoms with Gasteiger partial charge in [-0.25, -0.2) is 9.18 Å². The van der Waals surface area contributed by atoms with Crippen LogP contribution in [0.1, 0.15) is 19.3 Å². The van der Waals surface area contributed by atoms with Gasteiger partial charge in [-0.3, -0.25) is 4.79 Å². The number of amides is 2. The van der Waals surface area contributed by atoms with E-state index in [9.17, 15) is 19.1 Å². The monoisotopic (exact) mass is 292 g/mol. The van der Waals surface area contributed by atoms with Crippen LogP contribution in [0.4, 0.5) is 14.9 Å². The molecule has 2 bridgehead atoms. The predicted octanol–water partition coefficient (Wildman–Crippen LogP) is 2.45. The highest BCUT2D eigenvalue weighted by Gasteiger charge is 2.51. The van der Waals surface area contributed by atoms with Crippen LogP contribution < -0.4 is 10.6 Å². The Balaban J connectivity index is 1.64. The van der Waals surface area contributed by atoms with E-state index in [1.54, 1.807) is 0 Å². The fourth-order valence-corrected chi connectivity index (χ4v) is 3.71. The van der Waals surface area contributed by atoms with Crippen LogP contribution in [-0.2, 0) is 4.79 Å². The van der Waals surface area contributed by atoms with Gasteiger partial charge in [-0.15, -0.1) is 0 Å². The lowest BCUT2D eigenvalue weighted by molar-refractivity contribution is -0.144. The van der Waals surface area contributed by atoms with Gasteiger partial charge in [0.2, 0.25) is 0 Å². The van der Waals surface area contributed by atoms with Crippen molar-refractivity contribution in [3.05, 3.63) is 30.1 Å². The van der Waals surface area contributed by atoms with Crippen molar-refractivity contribution in [1.29, 1.82) is 0 Å². The van der Waals surface area contributed by atoms with Gasteiger partial charge in [-0.2, -0.15) is 0 Å². The average Bonchev–Trinajstić information content (AvgIpc) is 3.02. The second kappa shape index (κ2) is 5.35. The van der Waals surface area contributed by atoms with Crippen LogP contribution >= 0.6 is 0 Å². The van der Waals surface area contributed by atoms with Crippen LogP contribution in [0.2, 0.25) is 0 Å². The van der Waals surface area contributed by atoms with E-state index < -0.39 is 17.9 Å². The zero-order valence-corrected chi connectivity index (χ0v) is 11.4. The molecular formula is C15H17FN2O3. The Labute approximate surface area is 121 Å². The van der Waals surface area contributed by atoms with Crippen LogP contribution in [-0.4, -0.2) is 23.1 Å². The second-order valence-corrected chi connectivity index (χ2v) is 5.83. The van der Waals surface area contributed by atoms with Crippen molar-refractivity contribution in [2.45, 2.75) is 25.3 Å². The Morgan fingerprint density at radius 2 is 1.81 bits per heavy atom. The molecule has 1 aromatic carbocycles. The number of fused-ring (bicyclic) bond motifs is 2. The molecule has 3 N–H and O–H groups in total. The van der Waals surface area contributed by atoms with Crippen LogP contribution in [0.3, 0.4) is 0 Å². The zero-order chi connectivity index (χ0) is 15.0. The van der Waals surface area contributed by atoms with Gasteiger partial charge in [-0.1, -0.05) is 0 Å². The fourth-order valence-electron chi connectivity index (χ4n) is 3.71. The summed E-state index contributed by atoms with van der Waals surface area (Å²) in [6, 6.07) is 4.68. The van der Waals surface area contributed by atoms with Gasteiger partial charge in [0.15, 0.2) is 0 Å². The Morgan fingerprint density at radius 3 is 2.48 bits per heavy atom. The Kier molecular flexibility index (Phi) is 3.53. The maximum atomic E-state index is 12.8. The highest BCUT2D eigenvalue weighted by atomic mass is 19.1. The minimum Gasteiger partial charge on any atom is -0.481 e. The van der Waals surface area contributed by atoms with E-state index in [2.05, 4.69) is 10.6 Å². The lowest BCUT2D eigenvalue weighted by Gasteiger charge is -2.28. The number of aliphatic carboxylic acids is 1. The highest BCUT2D eigenvalue weighted by Crippen LogP contribution is 2.48. The summed E-state index contributed by atoms with van der Waals surface area (Å²) in [5.74, 6) is -1.30. The molecule has 0 radical (unpaired) electrons. The first kappa shape index (κ1) is 13.9. The summed E-state index contributed by atoms with van der Waals surface area (Å²) >= 11 is 0. The molecule has 2 aliphatic carbocycles. The van der Waals surface area contributed by atoms with Gasteiger partial charge in [0.1, 0.15) is 5.82 Å². The number of hydrogen-bond donors (Lipinski definition) is 3. The first-order valence-electron chi connectivity index (χ1n) is 7.10. The van der Waals surface area contributed by atoms with Crippen LogP contribution in [0.15, 0.2) is 24.3 Å². The summed E-state index contributed by atoms with van der Waals surface area (Å²) < 4.78 is 12.8. The molecule has 6 heteroatoms. The number of halogens is 1. The van der Waals surface area contributed by atoms with Gasteiger partial charge in [-0.05, 0) is 55.4 Å². The van der Waals surface area contributed by atoms with Crippen molar-refractivity contribution in [1.82, 2.24) is 5.32 Å². The fraction of sp³-hybridized carbons (Fsp3) is 0.467. The second-order valence-electron chi connectivity index (χ2n) is 5.83. The normalized spacial score (nSPS) is 30.1. The molecular weight excluding hydrogens is 275 g/mol. The average molecular weight is 292 g/mol. The summed E-state index contributed by atoms with van der Waals surface area (Å²) in [4.78, 5) is 23.4. The molecule has 0 aromatic heterocycles. The Bertz CT molecular complexity index is 561. The molecule has 2 aliphatic rings. The number of carbonyl (C=O) groups excluding carboxylic acids is 1. The number of rotatable bonds is 3. The van der Waals surface area contributed by atoms with E-state index in [0.717, 1.165) is 19.3 Å². The number of benzene rings is 1. The van der Waals surface area contributed by atoms with Crippen LogP contribution in [0, 0.1) is 23.6 Å². The van der Waals surface area contributed by atoms with Gasteiger partial charge in [0, 0.05) is 11.7 Å². The van der Waals surface area contributed by atoms with Crippen molar-refractivity contribution in [3.8, 4) is 0 Å². The molecule has 0 saturated heterocycles. The number of urea groups is 1. The van der Waals surface area contributed by atoms with E-state index in [-0.39, 0.29) is 23.7 Å². The lowest BCUT2D eigenvalue weighted by Crippen LogP contribution is -2.48. The number of nitrogens with one attached hydrogen (secondary N) is 2. The summed E-state index contributed by atoms with van der Waals surface area (Å²) in [5.41, 5.74) is 0.476. The maximum absolute atomic E-state index is 12.8. The van der Waals surface area contributed by atoms with Gasteiger partial charge >= 0.3 is 12.0 Å². The molecule has 21 heavy (non-hydrogen) atoms. The van der Waals surface area contributed by atoms with E-state index in [1.165, 1.54) is 24.3 Å². The summed E-state index contributed by atoms with van der Waals surface area (Å²) in [6.07, 6.45) is 2.77. The van der Waals surface area contributed by atoms with E-state index >= 15 is 0 Å². The molecule has 4 atom stereocenters. The largest absolute Gasteiger partial charge is 0.481 e. The molecule has 112 valence electrons. The molecule has 2 amide bonds. The number of anilines is 1. The van der Waals surface area contributed by atoms with Crippen molar-refractivity contribution in [2.75, 3.05) is 5.32 Å². The Hall–Kier alpha value is -2.11. The summed E-state index contributed by atoms with van der Waals surface area (Å²) in [6.45, 7) is 0. The first-order valence-corrected chi connectivity index (χ1v) is 7.10. The molecule has 0 heterocycles. The zero-order valence-electron chi connectivity index (χ0n) is 11.4. The molecule has 0 aliphatic heterocycles. The number of carboxylic acid groups (broad SMARTS) is 1. The van der Waals surface area contributed by atoms with Crippen LogP contribution in [0.25, 0.3) is 0 Å². The number of carboxylic acids is 1. The summed E-state index contributed by atoms with van der Waals surface area (Å²) in [7, 11) is 0. The standard InChI is InChI=1S/C15H17FN2O3/c16-10-3-5-11(6-4-10)17-15(21)18-13-9-2-1-8(7-9)12(13)14(19)20/h3-6,8-9,12-13H,1-2,7H2,(H,19,20)(H2,17,18,21). The van der Waals surface area contributed by atoms with Crippen molar-refractivity contribution >= 4 is 17.7 Å². The molecule has 5 nitrogen and oxygen atoms in total. The third-order valence-electron chi connectivity index (χ3n) is 4.60. The third-order valence-corrected chi connectivity index (χ3v) is 4.60. The minimum atomic E-state index is -0.839. The predicted molar refractivity (Wildman–Crippen MR) is 74.3 cm³/mol. The highest BCUT2D eigenvalue weighted by molar-refractivity contribution is 5.90. The summed E-state index contributed by atoms with van der Waals surface area (Å²) in [5, 5.41) is 14.7. The smallest absolute Gasteiger partial charge is 0.319 e. The quantitative estimate of drug-likeness (QED) is 0.800. The van der Waals surface area contributed by atoms with Crippen LogP contribution in [0.5, 0.6) is 0 Å². The van der Waals surface area contributed by atoms with Crippen molar-refractivity contribution in [3.63, 3.8) is 0 Å². The number of hydrogen-bond acceptors (Lipinski definition) is 2. The molecule has 3 rings (SSSR count). The van der Waals surface area contributed by atoms with E-state index in [1.807, 2.05) is 0 Å². The van der Waals surface area contributed by atoms with Crippen molar-refractivity contribution in [2.24, 2.45) is 17.8 Å². The molecule has 2 saturated carbocycles. The lowest BCUT2D eigenvalue weighted by atomic mass is 9.84. The van der Waals surface area contributed by atoms with E-state index in [0.29, 0.717) is 5.69 Å². The maximum Gasteiger partial charge on any atom is 0.319 e. The first-order chi connectivity index (χ1) is 10.0. The third kappa shape index (κ3) is 2.70. The van der Waals surface area contributed by atoms with Gasteiger partial charge in [0.25, 0.3) is 0 Å². The minimum absolute atomic E-state index is 0.170. The molecule has 4 unspecified atom stereocenters. The topological polar surface area (TPSA) is 78.4 Å². The number of carbonyl (C=O) groups is 2. The molecule has 0 spiro atoms. The Morgan fingerprint density at radius 1 is 1.14 bits per heavy atom. The SMILES string of the molecule is O=C(Nc1ccc(F)cc1)NC1C2CCC(C2)C1C(=O)O. The van der Waals surface area contributed by atoms with E-state index in [4.69, 9.17) is 0 Å².